The summed E-state index contributed by atoms with van der Waals surface area (Å²) in [6.07, 6.45) is 3.70. The summed E-state index contributed by atoms with van der Waals surface area (Å²) in [6.45, 7) is 8.12. The Morgan fingerprint density at radius 1 is 1.03 bits per heavy atom. The second kappa shape index (κ2) is 9.60. The lowest BCUT2D eigenvalue weighted by molar-refractivity contribution is -0.123. The van der Waals surface area contributed by atoms with Gasteiger partial charge in [0.2, 0.25) is 5.91 Å². The van der Waals surface area contributed by atoms with Crippen LogP contribution in [-0.2, 0) is 11.2 Å². The molecule has 6 nitrogen and oxygen atoms in total. The minimum atomic E-state index is -0.495. The molecule has 0 fully saturated rings. The predicted molar refractivity (Wildman–Crippen MR) is 123 cm³/mol. The lowest BCUT2D eigenvalue weighted by Gasteiger charge is -2.18. The van der Waals surface area contributed by atoms with Crippen molar-refractivity contribution in [1.29, 1.82) is 0 Å². The van der Waals surface area contributed by atoms with E-state index in [9.17, 15) is 9.59 Å². The van der Waals surface area contributed by atoms with Gasteiger partial charge in [-0.05, 0) is 55.7 Å². The first-order valence-electron chi connectivity index (χ1n) is 10.5. The van der Waals surface area contributed by atoms with Gasteiger partial charge < -0.3 is 10.6 Å². The van der Waals surface area contributed by atoms with Crippen molar-refractivity contribution in [2.24, 2.45) is 5.41 Å². The van der Waals surface area contributed by atoms with Crippen LogP contribution in [0.25, 0.3) is 5.69 Å². The minimum Gasteiger partial charge on any atom is -0.352 e. The molecule has 2 N–H and O–H groups in total. The first-order valence-corrected chi connectivity index (χ1v) is 10.5. The molecule has 0 saturated heterocycles. The molecule has 162 valence electrons. The van der Waals surface area contributed by atoms with Crippen LogP contribution in [0.4, 0.5) is 5.69 Å². The number of rotatable bonds is 7. The number of anilines is 1. The fraction of sp³-hybridized carbons (Fsp3) is 0.320. The van der Waals surface area contributed by atoms with Crippen LogP contribution >= 0.6 is 0 Å². The number of hydrogen-bond donors (Lipinski definition) is 2. The maximum atomic E-state index is 12.5. The molecule has 2 amide bonds. The quantitative estimate of drug-likeness (QED) is 0.554. The molecule has 1 heterocycles. The highest BCUT2D eigenvalue weighted by Crippen LogP contribution is 2.18. The third-order valence-corrected chi connectivity index (χ3v) is 4.99. The van der Waals surface area contributed by atoms with Gasteiger partial charge in [0.05, 0.1) is 11.4 Å². The first kappa shape index (κ1) is 22.3. The SMILES string of the molecule is Cc1nn(-c2ccccc2)cc1CCCNC(=O)c1cccc(NC(=O)C(C)(C)C)c1. The zero-order chi connectivity index (χ0) is 22.4. The Bertz CT molecular complexity index is 1050. The van der Waals surface area contributed by atoms with E-state index in [1.807, 2.05) is 68.9 Å². The van der Waals surface area contributed by atoms with E-state index in [1.165, 1.54) is 5.56 Å². The molecule has 0 saturated carbocycles. The van der Waals surface area contributed by atoms with Crippen molar-refractivity contribution in [3.63, 3.8) is 0 Å². The van der Waals surface area contributed by atoms with E-state index in [0.29, 0.717) is 17.8 Å². The largest absolute Gasteiger partial charge is 0.352 e. The van der Waals surface area contributed by atoms with Crippen molar-refractivity contribution in [3.8, 4) is 5.69 Å². The molecule has 0 aliphatic carbocycles. The van der Waals surface area contributed by atoms with Crippen LogP contribution in [0, 0.1) is 12.3 Å². The fourth-order valence-corrected chi connectivity index (χ4v) is 3.09. The Kier molecular flexibility index (Phi) is 6.90. The molecule has 2 aromatic carbocycles. The summed E-state index contributed by atoms with van der Waals surface area (Å²) in [5.74, 6) is -0.236. The van der Waals surface area contributed by atoms with Gasteiger partial charge in [-0.25, -0.2) is 4.68 Å². The van der Waals surface area contributed by atoms with E-state index < -0.39 is 5.41 Å². The third-order valence-electron chi connectivity index (χ3n) is 4.99. The highest BCUT2D eigenvalue weighted by Gasteiger charge is 2.21. The molecule has 0 aliphatic heterocycles. The van der Waals surface area contributed by atoms with Crippen LogP contribution in [0.15, 0.2) is 60.8 Å². The van der Waals surface area contributed by atoms with Crippen molar-refractivity contribution < 1.29 is 9.59 Å². The van der Waals surface area contributed by atoms with Crippen molar-refractivity contribution in [2.75, 3.05) is 11.9 Å². The summed E-state index contributed by atoms with van der Waals surface area (Å²) in [5.41, 5.74) is 3.85. The zero-order valence-corrected chi connectivity index (χ0v) is 18.6. The molecule has 3 aromatic rings. The molecule has 0 aliphatic rings. The number of amides is 2. The van der Waals surface area contributed by atoms with E-state index in [0.717, 1.165) is 24.2 Å². The summed E-state index contributed by atoms with van der Waals surface area (Å²) in [5, 5.41) is 10.4. The fourth-order valence-electron chi connectivity index (χ4n) is 3.09. The molecular weight excluding hydrogens is 388 g/mol. The molecule has 0 radical (unpaired) electrons. The predicted octanol–water partition coefficient (Wildman–Crippen LogP) is 4.53. The van der Waals surface area contributed by atoms with Gasteiger partial charge in [-0.15, -0.1) is 0 Å². The molecule has 1 aromatic heterocycles. The van der Waals surface area contributed by atoms with Crippen LogP contribution in [-0.4, -0.2) is 28.1 Å². The van der Waals surface area contributed by atoms with E-state index in [4.69, 9.17) is 0 Å². The van der Waals surface area contributed by atoms with Crippen molar-refractivity contribution in [2.45, 2.75) is 40.5 Å². The topological polar surface area (TPSA) is 76.0 Å². The maximum absolute atomic E-state index is 12.5. The summed E-state index contributed by atoms with van der Waals surface area (Å²) >= 11 is 0. The monoisotopic (exact) mass is 418 g/mol. The molecular formula is C25H30N4O2. The Morgan fingerprint density at radius 3 is 2.48 bits per heavy atom. The number of nitrogens with one attached hydrogen (secondary N) is 2. The molecule has 3 rings (SSSR count). The van der Waals surface area contributed by atoms with Crippen LogP contribution in [0.3, 0.4) is 0 Å². The summed E-state index contributed by atoms with van der Waals surface area (Å²) in [6, 6.07) is 17.0. The number of benzene rings is 2. The number of hydrogen-bond acceptors (Lipinski definition) is 3. The summed E-state index contributed by atoms with van der Waals surface area (Å²) in [4.78, 5) is 24.7. The van der Waals surface area contributed by atoms with Gasteiger partial charge in [0.25, 0.3) is 5.91 Å². The zero-order valence-electron chi connectivity index (χ0n) is 18.6. The standard InChI is InChI=1S/C25H30N4O2/c1-18-20(17-29(28-18)22-13-6-5-7-14-22)11-9-15-26-23(30)19-10-8-12-21(16-19)27-24(31)25(2,3)4/h5-8,10,12-14,16-17H,9,11,15H2,1-4H3,(H,26,30)(H,27,31). The Labute approximate surface area is 183 Å². The van der Waals surface area contributed by atoms with Crippen LogP contribution in [0.1, 0.15) is 48.8 Å². The second-order valence-corrected chi connectivity index (χ2v) is 8.66. The number of carbonyl (C=O) groups is 2. The van der Waals surface area contributed by atoms with Crippen molar-refractivity contribution >= 4 is 17.5 Å². The van der Waals surface area contributed by atoms with E-state index in [-0.39, 0.29) is 11.8 Å². The van der Waals surface area contributed by atoms with Gasteiger partial charge in [0.15, 0.2) is 0 Å². The number of aryl methyl sites for hydroxylation is 2. The van der Waals surface area contributed by atoms with Crippen molar-refractivity contribution in [3.05, 3.63) is 77.6 Å². The summed E-state index contributed by atoms with van der Waals surface area (Å²) < 4.78 is 1.89. The molecule has 6 heteroatoms. The van der Waals surface area contributed by atoms with Gasteiger partial charge in [-0.3, -0.25) is 9.59 Å². The molecule has 31 heavy (non-hydrogen) atoms. The summed E-state index contributed by atoms with van der Waals surface area (Å²) in [7, 11) is 0. The molecule has 0 unspecified atom stereocenters. The van der Waals surface area contributed by atoms with Crippen molar-refractivity contribution in [1.82, 2.24) is 15.1 Å². The third kappa shape index (κ3) is 6.04. The lowest BCUT2D eigenvalue weighted by Crippen LogP contribution is -2.28. The lowest BCUT2D eigenvalue weighted by atomic mass is 9.95. The normalized spacial score (nSPS) is 11.2. The van der Waals surface area contributed by atoms with Gasteiger partial charge in [0.1, 0.15) is 0 Å². The first-order chi connectivity index (χ1) is 14.7. The van der Waals surface area contributed by atoms with Gasteiger partial charge in [-0.1, -0.05) is 45.0 Å². The van der Waals surface area contributed by atoms with E-state index in [2.05, 4.69) is 15.7 Å². The number of para-hydroxylation sites is 1. The molecule has 0 atom stereocenters. The molecule has 0 bridgehead atoms. The second-order valence-electron chi connectivity index (χ2n) is 8.66. The van der Waals surface area contributed by atoms with Gasteiger partial charge >= 0.3 is 0 Å². The Hall–Kier alpha value is -3.41. The smallest absolute Gasteiger partial charge is 0.251 e. The highest BCUT2D eigenvalue weighted by atomic mass is 16.2. The highest BCUT2D eigenvalue weighted by molar-refractivity contribution is 5.98. The van der Waals surface area contributed by atoms with E-state index in [1.54, 1.807) is 24.3 Å². The number of aromatic nitrogens is 2. The average molecular weight is 419 g/mol. The number of carbonyl (C=O) groups excluding carboxylic acids is 2. The van der Waals surface area contributed by atoms with Gasteiger partial charge in [0, 0.05) is 29.4 Å². The van der Waals surface area contributed by atoms with Crippen LogP contribution in [0.5, 0.6) is 0 Å². The van der Waals surface area contributed by atoms with Crippen LogP contribution in [0.2, 0.25) is 0 Å². The van der Waals surface area contributed by atoms with E-state index >= 15 is 0 Å². The van der Waals surface area contributed by atoms with Gasteiger partial charge in [-0.2, -0.15) is 5.10 Å². The average Bonchev–Trinajstić information content (AvgIpc) is 3.12. The number of nitrogens with zero attached hydrogens (tertiary/aromatic N) is 2. The minimum absolute atomic E-state index is 0.0866. The Morgan fingerprint density at radius 2 is 1.77 bits per heavy atom. The maximum Gasteiger partial charge on any atom is 0.251 e. The van der Waals surface area contributed by atoms with Crippen LogP contribution < -0.4 is 10.6 Å². The Balaban J connectivity index is 1.51. The molecule has 0 spiro atoms.